The molecule has 3 rings (SSSR count). The monoisotopic (exact) mass is 385 g/mol. The van der Waals surface area contributed by atoms with Crippen LogP contribution in [0.4, 0.5) is 18.9 Å². The van der Waals surface area contributed by atoms with Crippen molar-refractivity contribution in [3.05, 3.63) is 95.8 Å². The second kappa shape index (κ2) is 8.67. The highest BCUT2D eigenvalue weighted by atomic mass is 19.4. The Morgan fingerprint density at radius 2 is 1.61 bits per heavy atom. The summed E-state index contributed by atoms with van der Waals surface area (Å²) in [5, 5.41) is 5.41. The van der Waals surface area contributed by atoms with Crippen LogP contribution in [0.15, 0.2) is 79.0 Å². The Balaban J connectivity index is 1.73. The first kappa shape index (κ1) is 19.6. The summed E-state index contributed by atoms with van der Waals surface area (Å²) in [4.78, 5) is 16.6. The van der Waals surface area contributed by atoms with Crippen molar-refractivity contribution < 1.29 is 18.0 Å². The average Bonchev–Trinajstić information content (AvgIpc) is 2.69. The smallest absolute Gasteiger partial charge is 0.324 e. The van der Waals surface area contributed by atoms with Crippen molar-refractivity contribution in [1.29, 1.82) is 0 Å². The maximum Gasteiger partial charge on any atom is 0.418 e. The summed E-state index contributed by atoms with van der Waals surface area (Å²) in [6, 6.07) is 19.4. The molecule has 0 fully saturated rings. The first-order valence-electron chi connectivity index (χ1n) is 8.60. The van der Waals surface area contributed by atoms with Gasteiger partial charge >= 0.3 is 6.18 Å². The number of benzene rings is 2. The fourth-order valence-electron chi connectivity index (χ4n) is 2.81. The van der Waals surface area contributed by atoms with Crippen molar-refractivity contribution in [3.8, 4) is 0 Å². The Morgan fingerprint density at radius 3 is 2.29 bits per heavy atom. The van der Waals surface area contributed by atoms with Gasteiger partial charge in [0.25, 0.3) is 0 Å². The van der Waals surface area contributed by atoms with E-state index < -0.39 is 17.6 Å². The number of pyridine rings is 1. The lowest BCUT2D eigenvalue weighted by molar-refractivity contribution is -0.137. The molecule has 0 saturated heterocycles. The van der Waals surface area contributed by atoms with Crippen LogP contribution < -0.4 is 10.6 Å². The maximum atomic E-state index is 13.1. The van der Waals surface area contributed by atoms with Crippen LogP contribution in [-0.2, 0) is 11.0 Å². The highest BCUT2D eigenvalue weighted by molar-refractivity contribution is 5.93. The molecular formula is C21H18F3N3O. The van der Waals surface area contributed by atoms with E-state index in [4.69, 9.17) is 0 Å². The lowest BCUT2D eigenvalue weighted by atomic mass is 10.0. The second-order valence-electron chi connectivity index (χ2n) is 6.07. The van der Waals surface area contributed by atoms with E-state index in [2.05, 4.69) is 15.6 Å². The van der Waals surface area contributed by atoms with Crippen molar-refractivity contribution in [2.45, 2.75) is 12.2 Å². The molecular weight excluding hydrogens is 367 g/mol. The number of amides is 1. The number of nitrogens with zero attached hydrogens (tertiary/aromatic N) is 1. The van der Waals surface area contributed by atoms with E-state index in [0.29, 0.717) is 5.69 Å². The summed E-state index contributed by atoms with van der Waals surface area (Å²) in [6.45, 7) is -0.178. The summed E-state index contributed by atoms with van der Waals surface area (Å²) < 4.78 is 39.2. The van der Waals surface area contributed by atoms with E-state index in [-0.39, 0.29) is 18.3 Å². The van der Waals surface area contributed by atoms with E-state index in [1.165, 1.54) is 18.2 Å². The summed E-state index contributed by atoms with van der Waals surface area (Å²) in [6.07, 6.45) is -2.90. The zero-order valence-electron chi connectivity index (χ0n) is 14.8. The molecule has 28 heavy (non-hydrogen) atoms. The van der Waals surface area contributed by atoms with Crippen LogP contribution in [0, 0.1) is 0 Å². The molecule has 144 valence electrons. The van der Waals surface area contributed by atoms with Gasteiger partial charge in [-0.2, -0.15) is 13.2 Å². The molecule has 1 aromatic heterocycles. The van der Waals surface area contributed by atoms with Gasteiger partial charge in [0.15, 0.2) is 0 Å². The van der Waals surface area contributed by atoms with Gasteiger partial charge in [-0.25, -0.2) is 0 Å². The molecule has 3 aromatic rings. The van der Waals surface area contributed by atoms with E-state index in [9.17, 15) is 18.0 Å². The lowest BCUT2D eigenvalue weighted by Crippen LogP contribution is -2.32. The predicted octanol–water partition coefficient (Wildman–Crippen LogP) is 4.42. The van der Waals surface area contributed by atoms with Crippen LogP contribution >= 0.6 is 0 Å². The number of aromatic nitrogens is 1. The molecule has 0 aliphatic carbocycles. The van der Waals surface area contributed by atoms with Crippen LogP contribution in [0.1, 0.15) is 22.9 Å². The normalized spacial score (nSPS) is 12.4. The Morgan fingerprint density at radius 1 is 0.929 bits per heavy atom. The number of para-hydroxylation sites is 1. The van der Waals surface area contributed by atoms with Crippen molar-refractivity contribution in [2.24, 2.45) is 0 Å². The second-order valence-corrected chi connectivity index (χ2v) is 6.07. The van der Waals surface area contributed by atoms with Gasteiger partial charge in [0, 0.05) is 6.20 Å². The molecule has 2 N–H and O–H groups in total. The zero-order chi connectivity index (χ0) is 20.0. The highest BCUT2D eigenvalue weighted by Crippen LogP contribution is 2.34. The molecule has 0 aliphatic heterocycles. The van der Waals surface area contributed by atoms with Crippen LogP contribution in [0.3, 0.4) is 0 Å². The Kier molecular flexibility index (Phi) is 6.06. The molecule has 0 spiro atoms. The Bertz CT molecular complexity index is 875. The summed E-state index contributed by atoms with van der Waals surface area (Å²) >= 11 is 0. The molecule has 0 radical (unpaired) electrons. The predicted molar refractivity (Wildman–Crippen MR) is 101 cm³/mol. The molecule has 1 atom stereocenters. The summed E-state index contributed by atoms with van der Waals surface area (Å²) in [7, 11) is 0. The van der Waals surface area contributed by atoms with Crippen LogP contribution in [0.2, 0.25) is 0 Å². The maximum absolute atomic E-state index is 13.1. The topological polar surface area (TPSA) is 54.0 Å². The van der Waals surface area contributed by atoms with E-state index >= 15 is 0 Å². The zero-order valence-corrected chi connectivity index (χ0v) is 14.8. The van der Waals surface area contributed by atoms with Crippen LogP contribution in [-0.4, -0.2) is 17.4 Å². The van der Waals surface area contributed by atoms with Gasteiger partial charge in [0.2, 0.25) is 5.91 Å². The van der Waals surface area contributed by atoms with E-state index in [0.717, 1.165) is 11.6 Å². The van der Waals surface area contributed by atoms with Crippen LogP contribution in [0.25, 0.3) is 0 Å². The van der Waals surface area contributed by atoms with Gasteiger partial charge in [0.1, 0.15) is 0 Å². The summed E-state index contributed by atoms with van der Waals surface area (Å²) in [5.74, 6) is -0.575. The third kappa shape index (κ3) is 4.95. The van der Waals surface area contributed by atoms with Crippen molar-refractivity contribution in [2.75, 3.05) is 11.9 Å². The van der Waals surface area contributed by atoms with Gasteiger partial charge in [-0.3, -0.25) is 15.1 Å². The van der Waals surface area contributed by atoms with Crippen molar-refractivity contribution >= 4 is 11.6 Å². The molecule has 4 nitrogen and oxygen atoms in total. The standard InChI is InChI=1S/C21H18F3N3O/c22-21(23,24)16-10-4-5-11-17(16)27-19(28)14-26-20(15-8-2-1-3-9-15)18-12-6-7-13-25-18/h1-13,20,26H,14H2,(H,27,28). The number of hydrogen-bond donors (Lipinski definition) is 2. The molecule has 0 aliphatic rings. The fraction of sp³-hybridized carbons (Fsp3) is 0.143. The molecule has 1 heterocycles. The molecule has 7 heteroatoms. The minimum atomic E-state index is -4.54. The van der Waals surface area contributed by atoms with Gasteiger partial charge in [0.05, 0.1) is 29.5 Å². The van der Waals surface area contributed by atoms with Gasteiger partial charge in [-0.1, -0.05) is 48.5 Å². The molecule has 2 aromatic carbocycles. The number of hydrogen-bond acceptors (Lipinski definition) is 3. The Labute approximate surface area is 160 Å². The third-order valence-corrected chi connectivity index (χ3v) is 4.09. The van der Waals surface area contributed by atoms with Crippen LogP contribution in [0.5, 0.6) is 0 Å². The number of halogens is 3. The SMILES string of the molecule is O=C(CNC(c1ccccc1)c1ccccn1)Nc1ccccc1C(F)(F)F. The number of carbonyl (C=O) groups is 1. The first-order valence-corrected chi connectivity index (χ1v) is 8.60. The summed E-state index contributed by atoms with van der Waals surface area (Å²) in [5.41, 5.74) is 0.450. The van der Waals surface area contributed by atoms with Gasteiger partial charge in [-0.15, -0.1) is 0 Å². The van der Waals surface area contributed by atoms with Gasteiger partial charge in [-0.05, 0) is 29.8 Å². The Hall–Kier alpha value is -3.19. The first-order chi connectivity index (χ1) is 13.4. The lowest BCUT2D eigenvalue weighted by Gasteiger charge is -2.19. The van der Waals surface area contributed by atoms with Crippen molar-refractivity contribution in [3.63, 3.8) is 0 Å². The third-order valence-electron chi connectivity index (χ3n) is 4.09. The number of nitrogens with one attached hydrogen (secondary N) is 2. The molecule has 0 saturated carbocycles. The minimum absolute atomic E-state index is 0.178. The quantitative estimate of drug-likeness (QED) is 0.661. The van der Waals surface area contributed by atoms with E-state index in [1.807, 2.05) is 42.5 Å². The molecule has 1 unspecified atom stereocenters. The van der Waals surface area contributed by atoms with E-state index in [1.54, 1.807) is 12.3 Å². The number of carbonyl (C=O) groups excluding carboxylic acids is 1. The van der Waals surface area contributed by atoms with Gasteiger partial charge < -0.3 is 5.32 Å². The largest absolute Gasteiger partial charge is 0.418 e. The molecule has 1 amide bonds. The average molecular weight is 385 g/mol. The number of rotatable bonds is 6. The number of anilines is 1. The number of alkyl halides is 3. The highest BCUT2D eigenvalue weighted by Gasteiger charge is 2.33. The molecule has 0 bridgehead atoms. The van der Waals surface area contributed by atoms with Crippen molar-refractivity contribution in [1.82, 2.24) is 10.3 Å². The minimum Gasteiger partial charge on any atom is -0.324 e. The fourth-order valence-corrected chi connectivity index (χ4v) is 2.81.